The van der Waals surface area contributed by atoms with E-state index in [2.05, 4.69) is 0 Å². The van der Waals surface area contributed by atoms with Crippen LogP contribution >= 0.6 is 0 Å². The number of nitrogens with zero attached hydrogens (tertiary/aromatic N) is 2. The highest BCUT2D eigenvalue weighted by molar-refractivity contribution is 7.89. The molecule has 1 heterocycles. The van der Waals surface area contributed by atoms with Gasteiger partial charge < -0.3 is 4.90 Å². The minimum absolute atomic E-state index is 0.0133. The fraction of sp³-hybridized carbons (Fsp3) is 0.533. The van der Waals surface area contributed by atoms with Crippen molar-refractivity contribution in [2.24, 2.45) is 0 Å². The Kier molecular flexibility index (Phi) is 5.00. The van der Waals surface area contributed by atoms with E-state index in [1.807, 2.05) is 38.1 Å². The Bertz CT molecular complexity index is 605. The topological polar surface area (TPSA) is 57.7 Å². The normalized spacial score (nSPS) is 17.0. The maximum Gasteiger partial charge on any atom is 0.254 e. The molecule has 1 aliphatic rings. The lowest BCUT2D eigenvalue weighted by Crippen LogP contribution is -2.51. The summed E-state index contributed by atoms with van der Waals surface area (Å²) < 4.78 is 25.5. The molecule has 116 valence electrons. The van der Waals surface area contributed by atoms with Crippen LogP contribution in [-0.2, 0) is 10.0 Å². The molecule has 1 fully saturated rings. The summed E-state index contributed by atoms with van der Waals surface area (Å²) in [5.74, 6) is 0.166. The molecule has 0 N–H and O–H groups in total. The standard InChI is InChI=1S/C15H22N2O3S/c1-3-12-21(19,20)17-10-8-16(9-11-17)15(18)14-7-5-4-6-13(14)2/h4-7H,3,8-12H2,1-2H3. The van der Waals surface area contributed by atoms with Gasteiger partial charge in [0.2, 0.25) is 10.0 Å². The third-order valence-corrected chi connectivity index (χ3v) is 5.83. The van der Waals surface area contributed by atoms with Crippen molar-refractivity contribution in [2.75, 3.05) is 31.9 Å². The van der Waals surface area contributed by atoms with Crippen molar-refractivity contribution in [2.45, 2.75) is 20.3 Å². The second-order valence-corrected chi connectivity index (χ2v) is 7.41. The van der Waals surface area contributed by atoms with Crippen LogP contribution in [0.4, 0.5) is 0 Å². The third kappa shape index (κ3) is 3.63. The van der Waals surface area contributed by atoms with Crippen molar-refractivity contribution in [1.29, 1.82) is 0 Å². The maximum atomic E-state index is 12.5. The van der Waals surface area contributed by atoms with E-state index in [0.717, 1.165) is 5.56 Å². The van der Waals surface area contributed by atoms with Gasteiger partial charge in [-0.3, -0.25) is 4.79 Å². The number of amides is 1. The second-order valence-electron chi connectivity index (χ2n) is 5.32. The van der Waals surface area contributed by atoms with E-state index in [0.29, 0.717) is 38.2 Å². The predicted octanol–water partition coefficient (Wildman–Crippen LogP) is 1.49. The number of piperazine rings is 1. The number of sulfonamides is 1. The van der Waals surface area contributed by atoms with Crippen molar-refractivity contribution in [3.8, 4) is 0 Å². The van der Waals surface area contributed by atoms with Gasteiger partial charge in [0.1, 0.15) is 0 Å². The Morgan fingerprint density at radius 2 is 1.76 bits per heavy atom. The lowest BCUT2D eigenvalue weighted by Gasteiger charge is -2.34. The minimum Gasteiger partial charge on any atom is -0.336 e. The van der Waals surface area contributed by atoms with Crippen LogP contribution in [0.25, 0.3) is 0 Å². The van der Waals surface area contributed by atoms with E-state index < -0.39 is 10.0 Å². The van der Waals surface area contributed by atoms with E-state index in [1.165, 1.54) is 4.31 Å². The summed E-state index contributed by atoms with van der Waals surface area (Å²) >= 11 is 0. The molecule has 5 nitrogen and oxygen atoms in total. The highest BCUT2D eigenvalue weighted by Gasteiger charge is 2.28. The summed E-state index contributed by atoms with van der Waals surface area (Å²) in [6, 6.07) is 7.48. The van der Waals surface area contributed by atoms with Gasteiger partial charge in [0, 0.05) is 31.7 Å². The quantitative estimate of drug-likeness (QED) is 0.846. The molecule has 21 heavy (non-hydrogen) atoms. The van der Waals surface area contributed by atoms with E-state index >= 15 is 0 Å². The Morgan fingerprint density at radius 3 is 2.33 bits per heavy atom. The van der Waals surface area contributed by atoms with Gasteiger partial charge in [-0.25, -0.2) is 8.42 Å². The van der Waals surface area contributed by atoms with Crippen LogP contribution in [-0.4, -0.2) is 55.5 Å². The van der Waals surface area contributed by atoms with Crippen LogP contribution in [0.3, 0.4) is 0 Å². The molecule has 0 bridgehead atoms. The molecule has 0 aliphatic carbocycles. The predicted molar refractivity (Wildman–Crippen MR) is 82.7 cm³/mol. The van der Waals surface area contributed by atoms with Gasteiger partial charge in [-0.1, -0.05) is 25.1 Å². The summed E-state index contributed by atoms with van der Waals surface area (Å²) in [5, 5.41) is 0. The number of benzene rings is 1. The Labute approximate surface area is 126 Å². The van der Waals surface area contributed by atoms with Crippen molar-refractivity contribution in [3.05, 3.63) is 35.4 Å². The van der Waals surface area contributed by atoms with Gasteiger partial charge >= 0.3 is 0 Å². The summed E-state index contributed by atoms with van der Waals surface area (Å²) in [7, 11) is -3.16. The Balaban J connectivity index is 2.02. The number of aryl methyl sites for hydroxylation is 1. The summed E-state index contributed by atoms with van der Waals surface area (Å²) in [6.45, 7) is 5.46. The average Bonchev–Trinajstić information content (AvgIpc) is 2.47. The lowest BCUT2D eigenvalue weighted by molar-refractivity contribution is 0.0697. The maximum absolute atomic E-state index is 12.5. The first-order valence-electron chi connectivity index (χ1n) is 7.28. The van der Waals surface area contributed by atoms with Crippen molar-refractivity contribution in [1.82, 2.24) is 9.21 Å². The second kappa shape index (κ2) is 6.58. The third-order valence-electron chi connectivity index (χ3n) is 3.76. The SMILES string of the molecule is CCCS(=O)(=O)N1CCN(C(=O)c2ccccc2C)CC1. The van der Waals surface area contributed by atoms with Crippen molar-refractivity contribution >= 4 is 15.9 Å². The minimum atomic E-state index is -3.16. The largest absolute Gasteiger partial charge is 0.336 e. The van der Waals surface area contributed by atoms with E-state index in [1.54, 1.807) is 4.90 Å². The Morgan fingerprint density at radius 1 is 1.14 bits per heavy atom. The monoisotopic (exact) mass is 310 g/mol. The van der Waals surface area contributed by atoms with Crippen LogP contribution < -0.4 is 0 Å². The zero-order valence-corrected chi connectivity index (χ0v) is 13.4. The lowest BCUT2D eigenvalue weighted by atomic mass is 10.1. The molecule has 0 atom stereocenters. The smallest absolute Gasteiger partial charge is 0.254 e. The van der Waals surface area contributed by atoms with Crippen LogP contribution in [0.2, 0.25) is 0 Å². The molecule has 1 saturated heterocycles. The highest BCUT2D eigenvalue weighted by atomic mass is 32.2. The molecular formula is C15H22N2O3S. The summed E-state index contributed by atoms with van der Waals surface area (Å²) in [4.78, 5) is 14.2. The first-order chi connectivity index (χ1) is 9.95. The molecule has 0 spiro atoms. The molecule has 6 heteroatoms. The molecule has 0 aromatic heterocycles. The fourth-order valence-electron chi connectivity index (χ4n) is 2.54. The zero-order chi connectivity index (χ0) is 15.5. The van der Waals surface area contributed by atoms with Gasteiger partial charge in [-0.15, -0.1) is 0 Å². The summed E-state index contributed by atoms with van der Waals surface area (Å²) in [5.41, 5.74) is 1.64. The van der Waals surface area contributed by atoms with E-state index in [-0.39, 0.29) is 11.7 Å². The first-order valence-corrected chi connectivity index (χ1v) is 8.89. The van der Waals surface area contributed by atoms with Gasteiger partial charge in [-0.05, 0) is 25.0 Å². The zero-order valence-electron chi connectivity index (χ0n) is 12.6. The molecule has 1 aromatic rings. The van der Waals surface area contributed by atoms with E-state index in [4.69, 9.17) is 0 Å². The van der Waals surface area contributed by atoms with Gasteiger partial charge in [0.05, 0.1) is 5.75 Å². The van der Waals surface area contributed by atoms with Crippen LogP contribution in [0, 0.1) is 6.92 Å². The number of carbonyl (C=O) groups is 1. The number of rotatable bonds is 4. The summed E-state index contributed by atoms with van der Waals surface area (Å²) in [6.07, 6.45) is 0.616. The van der Waals surface area contributed by atoms with E-state index in [9.17, 15) is 13.2 Å². The number of carbonyl (C=O) groups excluding carboxylic acids is 1. The average molecular weight is 310 g/mol. The first kappa shape index (κ1) is 16.0. The Hall–Kier alpha value is -1.40. The molecular weight excluding hydrogens is 288 g/mol. The van der Waals surface area contributed by atoms with Gasteiger partial charge in [0.15, 0.2) is 0 Å². The molecule has 0 unspecified atom stereocenters. The van der Waals surface area contributed by atoms with Crippen molar-refractivity contribution in [3.63, 3.8) is 0 Å². The molecule has 1 aromatic carbocycles. The molecule has 0 saturated carbocycles. The number of hydrogen-bond acceptors (Lipinski definition) is 3. The van der Waals surface area contributed by atoms with Crippen LogP contribution in [0.15, 0.2) is 24.3 Å². The number of hydrogen-bond donors (Lipinski definition) is 0. The van der Waals surface area contributed by atoms with Crippen molar-refractivity contribution < 1.29 is 13.2 Å². The highest BCUT2D eigenvalue weighted by Crippen LogP contribution is 2.14. The molecule has 1 amide bonds. The van der Waals surface area contributed by atoms with Crippen LogP contribution in [0.1, 0.15) is 29.3 Å². The molecule has 0 radical (unpaired) electrons. The molecule has 1 aliphatic heterocycles. The van der Waals surface area contributed by atoms with Crippen LogP contribution in [0.5, 0.6) is 0 Å². The van der Waals surface area contributed by atoms with Gasteiger partial charge in [0.25, 0.3) is 5.91 Å². The van der Waals surface area contributed by atoms with Gasteiger partial charge in [-0.2, -0.15) is 4.31 Å². The fourth-order valence-corrected chi connectivity index (χ4v) is 4.03. The molecule has 2 rings (SSSR count).